The van der Waals surface area contributed by atoms with Crippen LogP contribution in [-0.2, 0) is 5.75 Å². The Labute approximate surface area is 97.7 Å². The fraction of sp³-hybridized carbons (Fsp3) is 0.0833. The van der Waals surface area contributed by atoms with E-state index in [-0.39, 0.29) is 5.82 Å². The van der Waals surface area contributed by atoms with E-state index in [9.17, 15) is 4.39 Å². The molecule has 0 radical (unpaired) electrons. The summed E-state index contributed by atoms with van der Waals surface area (Å²) in [5.74, 6) is 0.472. The van der Waals surface area contributed by atoms with Crippen LogP contribution < -0.4 is 5.73 Å². The molecule has 0 saturated carbocycles. The average Bonchev–Trinajstić information content (AvgIpc) is 2.27. The van der Waals surface area contributed by atoms with Gasteiger partial charge in [-0.1, -0.05) is 6.07 Å². The minimum absolute atomic E-state index is 0.217. The van der Waals surface area contributed by atoms with E-state index in [1.807, 2.05) is 12.1 Å². The summed E-state index contributed by atoms with van der Waals surface area (Å²) in [5.41, 5.74) is 7.24. The van der Waals surface area contributed by atoms with Crippen molar-refractivity contribution >= 4 is 17.4 Å². The molecule has 0 atom stereocenters. The predicted octanol–water partition coefficient (Wildman–Crippen LogP) is 3.10. The van der Waals surface area contributed by atoms with Crippen LogP contribution in [-0.4, -0.2) is 4.98 Å². The molecule has 0 spiro atoms. The van der Waals surface area contributed by atoms with Crippen LogP contribution in [0.15, 0.2) is 47.5 Å². The van der Waals surface area contributed by atoms with Gasteiger partial charge in [-0.25, -0.2) is 4.39 Å². The summed E-state index contributed by atoms with van der Waals surface area (Å²) in [6.07, 6.45) is 1.68. The Hall–Kier alpha value is -1.55. The van der Waals surface area contributed by atoms with Gasteiger partial charge in [0.25, 0.3) is 0 Å². The first kappa shape index (κ1) is 11.0. The quantitative estimate of drug-likeness (QED) is 0.829. The summed E-state index contributed by atoms with van der Waals surface area (Å²) in [6, 6.07) is 10.1. The SMILES string of the molecule is Nc1ccnc(CSc2cccc(F)c2)c1. The molecule has 82 valence electrons. The van der Waals surface area contributed by atoms with E-state index in [0.717, 1.165) is 10.6 Å². The monoisotopic (exact) mass is 234 g/mol. The van der Waals surface area contributed by atoms with Gasteiger partial charge < -0.3 is 5.73 Å². The molecule has 0 aliphatic carbocycles. The number of benzene rings is 1. The molecule has 1 aromatic carbocycles. The standard InChI is InChI=1S/C12H11FN2S/c13-9-2-1-3-12(6-9)16-8-11-7-10(14)4-5-15-11/h1-7H,8H2,(H2,14,15). The Kier molecular flexibility index (Phi) is 3.41. The molecule has 0 unspecified atom stereocenters. The van der Waals surface area contributed by atoms with Crippen LogP contribution >= 0.6 is 11.8 Å². The summed E-state index contributed by atoms with van der Waals surface area (Å²) in [5, 5.41) is 0. The average molecular weight is 234 g/mol. The number of anilines is 1. The number of aromatic nitrogens is 1. The maximum atomic E-state index is 12.9. The van der Waals surface area contributed by atoms with Crippen molar-refractivity contribution in [3.8, 4) is 0 Å². The van der Waals surface area contributed by atoms with Gasteiger partial charge in [-0.3, -0.25) is 4.98 Å². The number of nitrogens with zero attached hydrogens (tertiary/aromatic N) is 1. The van der Waals surface area contributed by atoms with E-state index < -0.39 is 0 Å². The molecule has 0 saturated heterocycles. The molecule has 2 rings (SSSR count). The normalized spacial score (nSPS) is 10.3. The maximum absolute atomic E-state index is 12.9. The molecular formula is C12H11FN2S. The summed E-state index contributed by atoms with van der Waals surface area (Å²) < 4.78 is 12.9. The van der Waals surface area contributed by atoms with Crippen molar-refractivity contribution in [2.24, 2.45) is 0 Å². The first-order valence-corrected chi connectivity index (χ1v) is 5.81. The van der Waals surface area contributed by atoms with Gasteiger partial charge in [0.2, 0.25) is 0 Å². The molecule has 0 bridgehead atoms. The topological polar surface area (TPSA) is 38.9 Å². The number of rotatable bonds is 3. The van der Waals surface area contributed by atoms with Crippen LogP contribution in [0.2, 0.25) is 0 Å². The zero-order valence-corrected chi connectivity index (χ0v) is 9.38. The highest BCUT2D eigenvalue weighted by Gasteiger charge is 1.99. The van der Waals surface area contributed by atoms with Crippen molar-refractivity contribution in [2.75, 3.05) is 5.73 Å². The Morgan fingerprint density at radius 2 is 2.12 bits per heavy atom. The van der Waals surface area contributed by atoms with Crippen molar-refractivity contribution in [2.45, 2.75) is 10.6 Å². The third-order valence-electron chi connectivity index (χ3n) is 2.02. The van der Waals surface area contributed by atoms with E-state index in [4.69, 9.17) is 5.73 Å². The fourth-order valence-electron chi connectivity index (χ4n) is 1.29. The summed E-state index contributed by atoms with van der Waals surface area (Å²) >= 11 is 1.54. The second kappa shape index (κ2) is 4.99. The highest BCUT2D eigenvalue weighted by Crippen LogP contribution is 2.22. The lowest BCUT2D eigenvalue weighted by molar-refractivity contribution is 0.624. The molecule has 4 heteroatoms. The molecule has 0 fully saturated rings. The Morgan fingerprint density at radius 1 is 1.25 bits per heavy atom. The third kappa shape index (κ3) is 2.97. The second-order valence-electron chi connectivity index (χ2n) is 3.33. The van der Waals surface area contributed by atoms with E-state index in [1.54, 1.807) is 18.3 Å². The second-order valence-corrected chi connectivity index (χ2v) is 4.38. The zero-order valence-electron chi connectivity index (χ0n) is 8.56. The maximum Gasteiger partial charge on any atom is 0.124 e. The van der Waals surface area contributed by atoms with Crippen molar-refractivity contribution in [1.82, 2.24) is 4.98 Å². The molecule has 0 amide bonds. The van der Waals surface area contributed by atoms with Gasteiger partial charge >= 0.3 is 0 Å². The van der Waals surface area contributed by atoms with Gasteiger partial charge in [-0.2, -0.15) is 0 Å². The molecule has 2 aromatic rings. The van der Waals surface area contributed by atoms with E-state index in [2.05, 4.69) is 4.98 Å². The van der Waals surface area contributed by atoms with Crippen LogP contribution in [0.1, 0.15) is 5.69 Å². The zero-order chi connectivity index (χ0) is 11.4. The first-order valence-electron chi connectivity index (χ1n) is 4.83. The van der Waals surface area contributed by atoms with Gasteiger partial charge in [-0.15, -0.1) is 11.8 Å². The molecule has 2 nitrogen and oxygen atoms in total. The number of hydrogen-bond donors (Lipinski definition) is 1. The minimum Gasteiger partial charge on any atom is -0.399 e. The molecule has 16 heavy (non-hydrogen) atoms. The largest absolute Gasteiger partial charge is 0.399 e. The van der Waals surface area contributed by atoms with Crippen LogP contribution in [0.3, 0.4) is 0 Å². The van der Waals surface area contributed by atoms with Gasteiger partial charge in [0.1, 0.15) is 5.82 Å². The number of pyridine rings is 1. The van der Waals surface area contributed by atoms with Gasteiger partial charge in [0.15, 0.2) is 0 Å². The molecule has 0 aliphatic heterocycles. The fourth-order valence-corrected chi connectivity index (χ4v) is 2.13. The Morgan fingerprint density at radius 3 is 2.88 bits per heavy atom. The van der Waals surface area contributed by atoms with Crippen molar-refractivity contribution < 1.29 is 4.39 Å². The molecule has 1 heterocycles. The van der Waals surface area contributed by atoms with Crippen molar-refractivity contribution in [3.05, 3.63) is 54.1 Å². The third-order valence-corrected chi connectivity index (χ3v) is 3.05. The van der Waals surface area contributed by atoms with Gasteiger partial charge in [-0.05, 0) is 30.3 Å². The Balaban J connectivity index is 2.02. The highest BCUT2D eigenvalue weighted by molar-refractivity contribution is 7.98. The smallest absolute Gasteiger partial charge is 0.124 e. The molecular weight excluding hydrogens is 223 g/mol. The molecule has 1 aromatic heterocycles. The number of thioether (sulfide) groups is 1. The van der Waals surface area contributed by atoms with Crippen LogP contribution in [0.5, 0.6) is 0 Å². The number of nitrogen functional groups attached to an aromatic ring is 1. The van der Waals surface area contributed by atoms with Crippen LogP contribution in [0, 0.1) is 5.82 Å². The van der Waals surface area contributed by atoms with Crippen molar-refractivity contribution in [3.63, 3.8) is 0 Å². The lowest BCUT2D eigenvalue weighted by Crippen LogP contribution is -1.90. The van der Waals surface area contributed by atoms with Gasteiger partial charge in [0.05, 0.1) is 5.69 Å². The summed E-state index contributed by atoms with van der Waals surface area (Å²) in [4.78, 5) is 5.08. The lowest BCUT2D eigenvalue weighted by Gasteiger charge is -2.02. The Bertz CT molecular complexity index is 442. The summed E-state index contributed by atoms with van der Waals surface area (Å²) in [6.45, 7) is 0. The summed E-state index contributed by atoms with van der Waals surface area (Å²) in [7, 11) is 0. The van der Waals surface area contributed by atoms with Crippen LogP contribution in [0.25, 0.3) is 0 Å². The first-order chi connectivity index (χ1) is 7.74. The van der Waals surface area contributed by atoms with E-state index in [0.29, 0.717) is 11.4 Å². The molecule has 2 N–H and O–H groups in total. The molecule has 0 aliphatic rings. The lowest BCUT2D eigenvalue weighted by atomic mass is 10.3. The van der Waals surface area contributed by atoms with Crippen LogP contribution in [0.4, 0.5) is 10.1 Å². The highest BCUT2D eigenvalue weighted by atomic mass is 32.2. The number of halogens is 1. The number of hydrogen-bond acceptors (Lipinski definition) is 3. The predicted molar refractivity (Wildman–Crippen MR) is 64.6 cm³/mol. The van der Waals surface area contributed by atoms with E-state index in [1.165, 1.54) is 23.9 Å². The minimum atomic E-state index is -0.217. The van der Waals surface area contributed by atoms with Gasteiger partial charge in [0, 0.05) is 22.5 Å². The van der Waals surface area contributed by atoms with E-state index >= 15 is 0 Å². The van der Waals surface area contributed by atoms with Crippen molar-refractivity contribution in [1.29, 1.82) is 0 Å². The number of nitrogens with two attached hydrogens (primary N) is 1.